The zero-order valence-corrected chi connectivity index (χ0v) is 13.9. The number of methoxy groups -OCH3 is 1. The second-order valence-electron chi connectivity index (χ2n) is 5.06. The number of nitrogens with zero attached hydrogens (tertiary/aromatic N) is 1. The van der Waals surface area contributed by atoms with E-state index in [1.54, 1.807) is 14.0 Å². The number of carbonyl (C=O) groups is 1. The van der Waals surface area contributed by atoms with E-state index in [9.17, 15) is 9.18 Å². The lowest BCUT2D eigenvalue weighted by molar-refractivity contribution is -0.122. The lowest BCUT2D eigenvalue weighted by Crippen LogP contribution is -2.30. The van der Waals surface area contributed by atoms with Gasteiger partial charge in [0.15, 0.2) is 11.2 Å². The van der Waals surface area contributed by atoms with Crippen LogP contribution >= 0.6 is 11.3 Å². The molecule has 0 radical (unpaired) electrons. The summed E-state index contributed by atoms with van der Waals surface area (Å²) in [5.41, 5.74) is 0.781. The number of benzene rings is 2. The number of rotatable bonds is 5. The Bertz CT molecular complexity index is 864. The Labute approximate surface area is 142 Å². The van der Waals surface area contributed by atoms with Gasteiger partial charge in [-0.1, -0.05) is 11.3 Å². The fraction of sp³-hybridized carbons (Fsp3) is 0.176. The Hall–Kier alpha value is -2.67. The van der Waals surface area contributed by atoms with Gasteiger partial charge >= 0.3 is 0 Å². The number of amides is 1. The highest BCUT2D eigenvalue weighted by Gasteiger charge is 2.17. The van der Waals surface area contributed by atoms with E-state index in [0.29, 0.717) is 10.9 Å². The first-order chi connectivity index (χ1) is 11.5. The van der Waals surface area contributed by atoms with Crippen LogP contribution in [0.15, 0.2) is 42.5 Å². The van der Waals surface area contributed by atoms with Crippen molar-refractivity contribution in [3.05, 3.63) is 48.3 Å². The molecule has 0 aliphatic heterocycles. The number of fused-ring (bicyclic) bond motifs is 1. The zero-order chi connectivity index (χ0) is 17.1. The first kappa shape index (κ1) is 16.2. The van der Waals surface area contributed by atoms with Crippen molar-refractivity contribution in [2.24, 2.45) is 0 Å². The molecule has 0 aliphatic carbocycles. The molecule has 24 heavy (non-hydrogen) atoms. The van der Waals surface area contributed by atoms with Crippen molar-refractivity contribution >= 4 is 32.6 Å². The average molecular weight is 346 g/mol. The largest absolute Gasteiger partial charge is 0.497 e. The number of thiazole rings is 1. The Balaban J connectivity index is 1.68. The van der Waals surface area contributed by atoms with Gasteiger partial charge < -0.3 is 9.47 Å². The van der Waals surface area contributed by atoms with Gasteiger partial charge in [-0.15, -0.1) is 0 Å². The first-order valence-corrected chi connectivity index (χ1v) is 8.04. The van der Waals surface area contributed by atoms with Crippen LogP contribution in [0, 0.1) is 5.82 Å². The SMILES string of the molecule is COc1ccc2nc(NC(=O)C(C)Oc3ccc(F)cc3)sc2c1. The van der Waals surface area contributed by atoms with Crippen molar-refractivity contribution in [3.63, 3.8) is 0 Å². The summed E-state index contributed by atoms with van der Waals surface area (Å²) in [6.45, 7) is 1.62. The summed E-state index contributed by atoms with van der Waals surface area (Å²) in [4.78, 5) is 16.6. The normalized spacial score (nSPS) is 12.0. The molecule has 1 unspecified atom stereocenters. The second-order valence-corrected chi connectivity index (χ2v) is 6.09. The average Bonchev–Trinajstić information content (AvgIpc) is 2.97. The molecule has 5 nitrogen and oxygen atoms in total. The molecule has 1 aromatic heterocycles. The van der Waals surface area contributed by atoms with Crippen molar-refractivity contribution in [3.8, 4) is 11.5 Å². The van der Waals surface area contributed by atoms with E-state index in [1.165, 1.54) is 35.6 Å². The van der Waals surface area contributed by atoms with Crippen LogP contribution in [0.25, 0.3) is 10.2 Å². The number of hydrogen-bond donors (Lipinski definition) is 1. The number of anilines is 1. The number of nitrogens with one attached hydrogen (secondary N) is 1. The molecule has 0 spiro atoms. The predicted molar refractivity (Wildman–Crippen MR) is 91.3 cm³/mol. The summed E-state index contributed by atoms with van der Waals surface area (Å²) >= 11 is 1.35. The highest BCUT2D eigenvalue weighted by Crippen LogP contribution is 2.29. The minimum atomic E-state index is -0.739. The summed E-state index contributed by atoms with van der Waals surface area (Å²) < 4.78 is 24.5. The van der Waals surface area contributed by atoms with Crippen LogP contribution in [0.4, 0.5) is 9.52 Å². The number of hydrogen-bond acceptors (Lipinski definition) is 5. The van der Waals surface area contributed by atoms with E-state index in [2.05, 4.69) is 10.3 Å². The fourth-order valence-electron chi connectivity index (χ4n) is 2.06. The number of halogens is 1. The predicted octanol–water partition coefficient (Wildman–Crippen LogP) is 3.85. The molecule has 3 rings (SSSR count). The van der Waals surface area contributed by atoms with Gasteiger partial charge in [0.05, 0.1) is 17.3 Å². The van der Waals surface area contributed by atoms with Gasteiger partial charge in [0, 0.05) is 0 Å². The van der Waals surface area contributed by atoms with E-state index < -0.39 is 6.10 Å². The Morgan fingerprint density at radius 1 is 1.21 bits per heavy atom. The van der Waals surface area contributed by atoms with Gasteiger partial charge in [-0.25, -0.2) is 9.37 Å². The van der Waals surface area contributed by atoms with Gasteiger partial charge in [-0.3, -0.25) is 10.1 Å². The highest BCUT2D eigenvalue weighted by atomic mass is 32.1. The van der Waals surface area contributed by atoms with Crippen LogP contribution in [0.2, 0.25) is 0 Å². The highest BCUT2D eigenvalue weighted by molar-refractivity contribution is 7.22. The summed E-state index contributed by atoms with van der Waals surface area (Å²) in [7, 11) is 1.60. The van der Waals surface area contributed by atoms with E-state index in [1.807, 2.05) is 18.2 Å². The molecule has 0 fully saturated rings. The van der Waals surface area contributed by atoms with Crippen molar-refractivity contribution in [2.45, 2.75) is 13.0 Å². The molecule has 1 atom stereocenters. The van der Waals surface area contributed by atoms with Crippen molar-refractivity contribution < 1.29 is 18.7 Å². The summed E-state index contributed by atoms with van der Waals surface area (Å²) in [5, 5.41) is 3.21. The van der Waals surface area contributed by atoms with Crippen LogP contribution in [-0.2, 0) is 4.79 Å². The lowest BCUT2D eigenvalue weighted by Gasteiger charge is -2.13. The molecule has 7 heteroatoms. The monoisotopic (exact) mass is 346 g/mol. The minimum absolute atomic E-state index is 0.328. The van der Waals surface area contributed by atoms with Crippen LogP contribution in [-0.4, -0.2) is 24.1 Å². The topological polar surface area (TPSA) is 60.5 Å². The smallest absolute Gasteiger partial charge is 0.266 e. The summed E-state index contributed by atoms with van der Waals surface area (Å²) in [6, 6.07) is 11.0. The quantitative estimate of drug-likeness (QED) is 0.762. The number of aromatic nitrogens is 1. The molecular weight excluding hydrogens is 331 g/mol. The maximum Gasteiger partial charge on any atom is 0.266 e. The minimum Gasteiger partial charge on any atom is -0.497 e. The Morgan fingerprint density at radius 3 is 2.62 bits per heavy atom. The maximum absolute atomic E-state index is 12.9. The molecule has 0 saturated carbocycles. The number of ether oxygens (including phenoxy) is 2. The molecular formula is C17H15FN2O3S. The standard InChI is InChI=1S/C17H15FN2O3S/c1-10(23-12-5-3-11(18)4-6-12)16(21)20-17-19-14-8-7-13(22-2)9-15(14)24-17/h3-10H,1-2H3,(H,19,20,21). The number of carbonyl (C=O) groups excluding carboxylic acids is 1. The molecule has 0 saturated heterocycles. The third-order valence-corrected chi connectivity index (χ3v) is 4.26. The van der Waals surface area contributed by atoms with Crippen LogP contribution in [0.5, 0.6) is 11.5 Å². The van der Waals surface area contributed by atoms with Crippen molar-refractivity contribution in [1.29, 1.82) is 0 Å². The molecule has 2 aromatic carbocycles. The van der Waals surface area contributed by atoms with Gasteiger partial charge in [0.25, 0.3) is 5.91 Å². The molecule has 1 N–H and O–H groups in total. The molecule has 0 bridgehead atoms. The van der Waals surface area contributed by atoms with Gasteiger partial charge in [-0.05, 0) is 49.4 Å². The third-order valence-electron chi connectivity index (χ3n) is 3.32. The van der Waals surface area contributed by atoms with E-state index in [0.717, 1.165) is 16.0 Å². The van der Waals surface area contributed by atoms with Crippen molar-refractivity contribution in [2.75, 3.05) is 12.4 Å². The summed E-state index contributed by atoms with van der Waals surface area (Å²) in [6.07, 6.45) is -0.739. The van der Waals surface area contributed by atoms with Crippen LogP contribution in [0.1, 0.15) is 6.92 Å². The maximum atomic E-state index is 12.9. The lowest BCUT2D eigenvalue weighted by atomic mass is 10.3. The Kier molecular flexibility index (Phi) is 4.61. The van der Waals surface area contributed by atoms with Gasteiger partial charge in [-0.2, -0.15) is 0 Å². The van der Waals surface area contributed by atoms with Crippen molar-refractivity contribution in [1.82, 2.24) is 4.98 Å². The second kappa shape index (κ2) is 6.84. The van der Waals surface area contributed by atoms with Gasteiger partial charge in [0.2, 0.25) is 0 Å². The van der Waals surface area contributed by atoms with E-state index >= 15 is 0 Å². The van der Waals surface area contributed by atoms with E-state index in [-0.39, 0.29) is 11.7 Å². The summed E-state index contributed by atoms with van der Waals surface area (Å²) in [5.74, 6) is 0.472. The first-order valence-electron chi connectivity index (χ1n) is 7.23. The molecule has 1 heterocycles. The van der Waals surface area contributed by atoms with Crippen LogP contribution in [0.3, 0.4) is 0 Å². The van der Waals surface area contributed by atoms with Gasteiger partial charge in [0.1, 0.15) is 17.3 Å². The molecule has 1 amide bonds. The molecule has 124 valence electrons. The van der Waals surface area contributed by atoms with Crippen LogP contribution < -0.4 is 14.8 Å². The molecule has 0 aliphatic rings. The molecule has 3 aromatic rings. The fourth-order valence-corrected chi connectivity index (χ4v) is 2.96. The third kappa shape index (κ3) is 3.62. The Morgan fingerprint density at radius 2 is 1.92 bits per heavy atom. The zero-order valence-electron chi connectivity index (χ0n) is 13.1. The van der Waals surface area contributed by atoms with E-state index in [4.69, 9.17) is 9.47 Å².